The number of nitrogens with one attached hydrogen (secondary N) is 2. The van der Waals surface area contributed by atoms with E-state index in [4.69, 9.17) is 9.47 Å². The number of amides is 1. The maximum Gasteiger partial charge on any atom is 0.407 e. The first-order chi connectivity index (χ1) is 12.2. The Hall–Kier alpha value is -3.17. The number of hydrogen-bond acceptors (Lipinski definition) is 6. The molecule has 1 aromatic carbocycles. The minimum atomic E-state index is -1.35. The van der Waals surface area contributed by atoms with Gasteiger partial charge in [0.15, 0.2) is 6.17 Å². The predicted molar refractivity (Wildman–Crippen MR) is 84.9 cm³/mol. The zero-order chi connectivity index (χ0) is 17.2. The summed E-state index contributed by atoms with van der Waals surface area (Å²) >= 11 is 0. The van der Waals surface area contributed by atoms with Gasteiger partial charge in [-0.1, -0.05) is 0 Å². The number of alkyl carbamates (subject to hydrolysis) is 1. The van der Waals surface area contributed by atoms with E-state index in [-0.39, 0.29) is 26.3 Å². The Bertz CT molecular complexity index is 908. The van der Waals surface area contributed by atoms with Gasteiger partial charge in [-0.15, -0.1) is 0 Å². The molecular weight excluding hydrogens is 331 g/mol. The molecule has 0 saturated carbocycles. The molecular formula is C15H15FN6O3. The van der Waals surface area contributed by atoms with E-state index >= 15 is 0 Å². The molecule has 4 rings (SSSR count). The van der Waals surface area contributed by atoms with Crippen molar-refractivity contribution in [3.8, 4) is 17.1 Å². The largest absolute Gasteiger partial charge is 0.490 e. The van der Waals surface area contributed by atoms with Crippen molar-refractivity contribution in [3.05, 3.63) is 24.4 Å². The number of H-pyrrole nitrogens is 1. The van der Waals surface area contributed by atoms with E-state index in [0.717, 1.165) is 10.9 Å². The average molecular weight is 346 g/mol. The third-order valence-electron chi connectivity index (χ3n) is 3.74. The van der Waals surface area contributed by atoms with Gasteiger partial charge >= 0.3 is 6.09 Å². The molecule has 1 unspecified atom stereocenters. The van der Waals surface area contributed by atoms with Crippen LogP contribution in [0.1, 0.15) is 0 Å². The summed E-state index contributed by atoms with van der Waals surface area (Å²) in [5.41, 5.74) is 2.00. The van der Waals surface area contributed by atoms with Crippen LogP contribution in [0.15, 0.2) is 24.4 Å². The number of carbonyl (C=O) groups is 1. The van der Waals surface area contributed by atoms with E-state index in [1.165, 1.54) is 4.80 Å². The molecule has 2 N–H and O–H groups in total. The van der Waals surface area contributed by atoms with Crippen molar-refractivity contribution in [2.24, 2.45) is 0 Å². The standard InChI is InChI=1S/C15H15FN6O3/c16-9-6-17-15(23)24-4-3-22-18-7-13(21-22)14-11-5-10(25-8-9)1-2-12(11)19-20-14/h1-2,5,7,9H,3-4,6,8H2,(H,17,23)(H,19,20). The monoisotopic (exact) mass is 346 g/mol. The maximum absolute atomic E-state index is 13.9. The molecule has 3 aromatic rings. The minimum Gasteiger partial charge on any atom is -0.490 e. The Morgan fingerprint density at radius 2 is 2.24 bits per heavy atom. The van der Waals surface area contributed by atoms with E-state index in [1.807, 2.05) is 0 Å². The van der Waals surface area contributed by atoms with Gasteiger partial charge in [0.2, 0.25) is 0 Å². The molecule has 0 fully saturated rings. The summed E-state index contributed by atoms with van der Waals surface area (Å²) in [5, 5.41) is 18.8. The summed E-state index contributed by atoms with van der Waals surface area (Å²) in [6, 6.07) is 5.30. The highest BCUT2D eigenvalue weighted by Gasteiger charge is 2.15. The number of halogens is 1. The van der Waals surface area contributed by atoms with Crippen LogP contribution in [0, 0.1) is 0 Å². The van der Waals surface area contributed by atoms with Crippen LogP contribution in [-0.2, 0) is 11.3 Å². The lowest BCUT2D eigenvalue weighted by molar-refractivity contribution is 0.131. The second-order valence-corrected chi connectivity index (χ2v) is 5.53. The fourth-order valence-electron chi connectivity index (χ4n) is 2.50. The van der Waals surface area contributed by atoms with E-state index in [2.05, 4.69) is 25.7 Å². The first kappa shape index (κ1) is 15.4. The van der Waals surface area contributed by atoms with Gasteiger partial charge in [0.05, 0.1) is 24.8 Å². The third kappa shape index (κ3) is 3.23. The quantitative estimate of drug-likeness (QED) is 0.635. The lowest BCUT2D eigenvalue weighted by atomic mass is 10.1. The van der Waals surface area contributed by atoms with Gasteiger partial charge in [-0.2, -0.15) is 20.1 Å². The SMILES string of the molecule is O=C1NCC(F)COc2ccc3[nH]nc(c3c2)-c2cnn(n2)CCO1. The Morgan fingerprint density at radius 3 is 3.16 bits per heavy atom. The number of alkyl halides is 1. The fraction of sp³-hybridized carbons (Fsp3) is 0.333. The highest BCUT2D eigenvalue weighted by molar-refractivity contribution is 5.92. The Labute approximate surface area is 141 Å². The number of rotatable bonds is 0. The number of aromatic amines is 1. The number of aromatic nitrogens is 5. The lowest BCUT2D eigenvalue weighted by Gasteiger charge is -2.12. The second-order valence-electron chi connectivity index (χ2n) is 5.53. The van der Waals surface area contributed by atoms with E-state index in [9.17, 15) is 9.18 Å². The number of fused-ring (bicyclic) bond motifs is 4. The Balaban J connectivity index is 1.69. The summed E-state index contributed by atoms with van der Waals surface area (Å²) in [6.45, 7) is -0.0284. The van der Waals surface area contributed by atoms with E-state index in [0.29, 0.717) is 17.1 Å². The van der Waals surface area contributed by atoms with Crippen molar-refractivity contribution in [2.45, 2.75) is 12.7 Å². The number of cyclic esters (lactones) is 1. The maximum atomic E-state index is 13.9. The molecule has 0 radical (unpaired) electrons. The number of hydrogen-bond donors (Lipinski definition) is 2. The molecule has 1 atom stereocenters. The highest BCUT2D eigenvalue weighted by Crippen LogP contribution is 2.28. The molecule has 25 heavy (non-hydrogen) atoms. The van der Waals surface area contributed by atoms with Crippen LogP contribution in [0.25, 0.3) is 22.3 Å². The zero-order valence-corrected chi connectivity index (χ0v) is 13.1. The Morgan fingerprint density at radius 1 is 1.32 bits per heavy atom. The van der Waals surface area contributed by atoms with Gasteiger partial charge in [-0.05, 0) is 18.2 Å². The third-order valence-corrected chi connectivity index (χ3v) is 3.74. The summed E-state index contributed by atoms with van der Waals surface area (Å²) in [5.74, 6) is 0.500. The average Bonchev–Trinajstić information content (AvgIpc) is 3.23. The van der Waals surface area contributed by atoms with Crippen molar-refractivity contribution < 1.29 is 18.7 Å². The van der Waals surface area contributed by atoms with Gasteiger partial charge < -0.3 is 14.8 Å². The fourth-order valence-corrected chi connectivity index (χ4v) is 2.50. The molecule has 0 spiro atoms. The van der Waals surface area contributed by atoms with Gasteiger partial charge in [0.25, 0.3) is 0 Å². The van der Waals surface area contributed by atoms with E-state index in [1.54, 1.807) is 24.4 Å². The summed E-state index contributed by atoms with van der Waals surface area (Å²) in [4.78, 5) is 12.9. The zero-order valence-electron chi connectivity index (χ0n) is 13.1. The molecule has 1 amide bonds. The van der Waals surface area contributed by atoms with Crippen LogP contribution in [0.3, 0.4) is 0 Å². The van der Waals surface area contributed by atoms with Crippen LogP contribution in [0.5, 0.6) is 5.75 Å². The number of nitrogens with zero attached hydrogens (tertiary/aromatic N) is 4. The first-order valence-electron chi connectivity index (χ1n) is 7.75. The highest BCUT2D eigenvalue weighted by atomic mass is 19.1. The van der Waals surface area contributed by atoms with Crippen molar-refractivity contribution in [1.29, 1.82) is 0 Å². The Kier molecular flexibility index (Phi) is 3.92. The smallest absolute Gasteiger partial charge is 0.407 e. The van der Waals surface area contributed by atoms with Crippen molar-refractivity contribution in [1.82, 2.24) is 30.5 Å². The molecule has 10 heteroatoms. The topological polar surface area (TPSA) is 107 Å². The van der Waals surface area contributed by atoms with Crippen LogP contribution in [0.2, 0.25) is 0 Å². The molecule has 1 aliphatic heterocycles. The van der Waals surface area contributed by atoms with Gasteiger partial charge in [0.1, 0.15) is 30.4 Å². The molecule has 4 bridgehead atoms. The van der Waals surface area contributed by atoms with Crippen molar-refractivity contribution in [2.75, 3.05) is 19.8 Å². The molecule has 2 aromatic heterocycles. The molecule has 0 saturated heterocycles. The minimum absolute atomic E-state index is 0.0683. The number of ether oxygens (including phenoxy) is 2. The molecule has 0 aliphatic carbocycles. The van der Waals surface area contributed by atoms with Gasteiger partial charge in [0, 0.05) is 5.39 Å². The summed E-state index contributed by atoms with van der Waals surface area (Å²) in [6.07, 6.45) is -0.468. The molecule has 1 aliphatic rings. The normalized spacial score (nSPS) is 18.6. The van der Waals surface area contributed by atoms with Gasteiger partial charge in [-0.3, -0.25) is 5.10 Å². The number of carbonyl (C=O) groups excluding carboxylic acids is 1. The summed E-state index contributed by atoms with van der Waals surface area (Å²) < 4.78 is 24.3. The molecule has 130 valence electrons. The second kappa shape index (κ2) is 6.38. The van der Waals surface area contributed by atoms with Crippen LogP contribution in [-0.4, -0.2) is 57.2 Å². The van der Waals surface area contributed by atoms with Crippen molar-refractivity contribution in [3.63, 3.8) is 0 Å². The summed E-state index contributed by atoms with van der Waals surface area (Å²) in [7, 11) is 0. The number of benzene rings is 1. The van der Waals surface area contributed by atoms with Crippen LogP contribution >= 0.6 is 0 Å². The van der Waals surface area contributed by atoms with Crippen molar-refractivity contribution >= 4 is 17.0 Å². The first-order valence-corrected chi connectivity index (χ1v) is 7.75. The van der Waals surface area contributed by atoms with E-state index < -0.39 is 12.3 Å². The predicted octanol–water partition coefficient (Wildman–Crippen LogP) is 1.28. The van der Waals surface area contributed by atoms with Crippen LogP contribution in [0.4, 0.5) is 9.18 Å². The van der Waals surface area contributed by atoms with Gasteiger partial charge in [-0.25, -0.2) is 9.18 Å². The molecule has 3 heterocycles. The molecule has 9 nitrogen and oxygen atoms in total. The lowest BCUT2D eigenvalue weighted by Crippen LogP contribution is -2.34. The van der Waals surface area contributed by atoms with Crippen LogP contribution < -0.4 is 10.1 Å².